The van der Waals surface area contributed by atoms with Crippen LogP contribution in [0.4, 0.5) is 5.69 Å². The first-order valence-corrected chi connectivity index (χ1v) is 13.5. The first-order chi connectivity index (χ1) is 17.7. The maximum atomic E-state index is 13.9. The standard InChI is InChI=1S/C29H39N3O5/c1-16-9-10-20(15-18(16)3)30-26(33)23-22-11-12-29(37-22)24(23)28(35)32(13-14-36-5)25(29)27(34)31-21-8-6-7-17(2)19(21)4/h9-12,15,17,19,21-25H,6-8,13-14H2,1-5H3,(H,30,33)(H,31,34)/t17-,19+,21-,22-,23-,24-,25+,29+/m1/s1. The molecular weight excluding hydrogens is 470 g/mol. The number of nitrogens with zero attached hydrogens (tertiary/aromatic N) is 1. The number of hydrogen-bond donors (Lipinski definition) is 2. The number of rotatable bonds is 7. The summed E-state index contributed by atoms with van der Waals surface area (Å²) in [7, 11) is 1.57. The summed E-state index contributed by atoms with van der Waals surface area (Å²) in [6.07, 6.45) is 6.30. The van der Waals surface area contributed by atoms with E-state index in [1.165, 1.54) is 0 Å². The molecule has 8 nitrogen and oxygen atoms in total. The molecule has 2 saturated heterocycles. The van der Waals surface area contributed by atoms with E-state index in [1.807, 2.05) is 44.2 Å². The third-order valence-electron chi connectivity index (χ3n) is 9.27. The van der Waals surface area contributed by atoms with E-state index in [9.17, 15) is 14.4 Å². The molecule has 200 valence electrons. The van der Waals surface area contributed by atoms with Gasteiger partial charge in [-0.2, -0.15) is 0 Å². The summed E-state index contributed by atoms with van der Waals surface area (Å²) in [5, 5.41) is 6.26. The van der Waals surface area contributed by atoms with Crippen molar-refractivity contribution in [3.63, 3.8) is 0 Å². The first kappa shape index (κ1) is 25.9. The molecule has 8 heteroatoms. The molecule has 8 atom stereocenters. The van der Waals surface area contributed by atoms with Crippen molar-refractivity contribution in [2.24, 2.45) is 23.7 Å². The molecule has 1 spiro atoms. The third-order valence-corrected chi connectivity index (χ3v) is 9.27. The molecule has 1 aromatic carbocycles. The van der Waals surface area contributed by atoms with Crippen molar-refractivity contribution in [1.82, 2.24) is 10.2 Å². The van der Waals surface area contributed by atoms with Gasteiger partial charge in [0, 0.05) is 25.4 Å². The van der Waals surface area contributed by atoms with Crippen LogP contribution in [-0.2, 0) is 23.9 Å². The number of carbonyl (C=O) groups is 3. The molecule has 1 aromatic rings. The predicted molar refractivity (Wildman–Crippen MR) is 140 cm³/mol. The Balaban J connectivity index is 1.42. The predicted octanol–water partition coefficient (Wildman–Crippen LogP) is 2.98. The van der Waals surface area contributed by atoms with Gasteiger partial charge in [0.25, 0.3) is 0 Å². The smallest absolute Gasteiger partial charge is 0.246 e. The van der Waals surface area contributed by atoms with Crippen LogP contribution in [0.25, 0.3) is 0 Å². The van der Waals surface area contributed by atoms with E-state index in [0.717, 1.165) is 30.4 Å². The average molecular weight is 510 g/mol. The Morgan fingerprint density at radius 1 is 1.16 bits per heavy atom. The minimum Gasteiger partial charge on any atom is -0.383 e. The van der Waals surface area contributed by atoms with Crippen LogP contribution in [0.2, 0.25) is 0 Å². The molecule has 5 rings (SSSR count). The van der Waals surface area contributed by atoms with Gasteiger partial charge in [-0.25, -0.2) is 0 Å². The lowest BCUT2D eigenvalue weighted by Crippen LogP contribution is -2.58. The highest BCUT2D eigenvalue weighted by atomic mass is 16.5. The topological polar surface area (TPSA) is 97.0 Å². The normalized spacial score (nSPS) is 36.1. The van der Waals surface area contributed by atoms with Gasteiger partial charge in [0.2, 0.25) is 17.7 Å². The molecule has 3 aliphatic heterocycles. The molecule has 2 N–H and O–H groups in total. The number of hydrogen-bond acceptors (Lipinski definition) is 5. The minimum atomic E-state index is -1.16. The number of anilines is 1. The monoisotopic (exact) mass is 509 g/mol. The molecule has 37 heavy (non-hydrogen) atoms. The fourth-order valence-corrected chi connectivity index (χ4v) is 6.79. The number of amides is 3. The van der Waals surface area contributed by atoms with Crippen molar-refractivity contribution >= 4 is 23.4 Å². The van der Waals surface area contributed by atoms with Gasteiger partial charge in [0.15, 0.2) is 0 Å². The van der Waals surface area contributed by atoms with E-state index in [1.54, 1.807) is 12.0 Å². The third kappa shape index (κ3) is 4.28. The molecular formula is C29H39N3O5. The number of nitrogens with one attached hydrogen (secondary N) is 2. The number of ether oxygens (including phenoxy) is 2. The van der Waals surface area contributed by atoms with Crippen molar-refractivity contribution in [2.45, 2.75) is 70.7 Å². The summed E-state index contributed by atoms with van der Waals surface area (Å²) in [5.74, 6) is -1.30. The van der Waals surface area contributed by atoms with Gasteiger partial charge in [-0.1, -0.05) is 44.9 Å². The second-order valence-electron chi connectivity index (χ2n) is 11.4. The molecule has 0 aromatic heterocycles. The highest BCUT2D eigenvalue weighted by molar-refractivity contribution is 6.02. The van der Waals surface area contributed by atoms with Gasteiger partial charge >= 0.3 is 0 Å². The second kappa shape index (κ2) is 9.87. The molecule has 0 radical (unpaired) electrons. The van der Waals surface area contributed by atoms with Crippen LogP contribution in [0, 0.1) is 37.5 Å². The van der Waals surface area contributed by atoms with Gasteiger partial charge in [0.05, 0.1) is 24.5 Å². The van der Waals surface area contributed by atoms with Crippen molar-refractivity contribution in [2.75, 3.05) is 25.6 Å². The van der Waals surface area contributed by atoms with Crippen molar-refractivity contribution < 1.29 is 23.9 Å². The van der Waals surface area contributed by atoms with Crippen LogP contribution in [0.3, 0.4) is 0 Å². The first-order valence-electron chi connectivity index (χ1n) is 13.5. The molecule has 0 unspecified atom stereocenters. The SMILES string of the molecule is COCCN1C(=O)[C@H]2[C@H](C(=O)Nc3ccc(C)c(C)c3)[C@H]3C=C[C@@]2(O3)[C@@H]1C(=O)N[C@@H]1CCC[C@@H](C)[C@@H]1C. The van der Waals surface area contributed by atoms with E-state index in [0.29, 0.717) is 24.1 Å². The van der Waals surface area contributed by atoms with Crippen LogP contribution in [0.1, 0.15) is 44.2 Å². The lowest BCUT2D eigenvalue weighted by molar-refractivity contribution is -0.142. The number of likely N-dealkylation sites (tertiary alicyclic amines) is 1. The molecule has 3 amide bonds. The average Bonchev–Trinajstić information content (AvgIpc) is 3.50. The van der Waals surface area contributed by atoms with Crippen LogP contribution in [-0.4, -0.2) is 66.7 Å². The Morgan fingerprint density at radius 2 is 1.95 bits per heavy atom. The van der Waals surface area contributed by atoms with Gasteiger partial charge in [-0.3, -0.25) is 14.4 Å². The minimum absolute atomic E-state index is 0.0533. The Morgan fingerprint density at radius 3 is 2.68 bits per heavy atom. The quantitative estimate of drug-likeness (QED) is 0.551. The zero-order chi connectivity index (χ0) is 26.5. The van der Waals surface area contributed by atoms with Crippen molar-refractivity contribution in [3.05, 3.63) is 41.5 Å². The van der Waals surface area contributed by atoms with Crippen LogP contribution in [0.5, 0.6) is 0 Å². The van der Waals surface area contributed by atoms with Gasteiger partial charge in [0.1, 0.15) is 11.6 Å². The molecule has 4 aliphatic rings. The summed E-state index contributed by atoms with van der Waals surface area (Å²) in [4.78, 5) is 42.9. The van der Waals surface area contributed by atoms with E-state index in [-0.39, 0.29) is 30.3 Å². The van der Waals surface area contributed by atoms with Gasteiger partial charge in [-0.05, 0) is 55.4 Å². The Hall–Kier alpha value is -2.71. The molecule has 2 bridgehead atoms. The number of carbonyl (C=O) groups excluding carboxylic acids is 3. The highest BCUT2D eigenvalue weighted by Crippen LogP contribution is 2.55. The van der Waals surface area contributed by atoms with Gasteiger partial charge < -0.3 is 25.0 Å². The van der Waals surface area contributed by atoms with E-state index < -0.39 is 29.6 Å². The Bertz CT molecular complexity index is 1120. The molecule has 3 heterocycles. The van der Waals surface area contributed by atoms with Crippen molar-refractivity contribution in [1.29, 1.82) is 0 Å². The van der Waals surface area contributed by atoms with Crippen LogP contribution >= 0.6 is 0 Å². The zero-order valence-electron chi connectivity index (χ0n) is 22.5. The van der Waals surface area contributed by atoms with E-state index in [2.05, 4.69) is 24.5 Å². The fraction of sp³-hybridized carbons (Fsp3) is 0.621. The lowest BCUT2D eigenvalue weighted by Gasteiger charge is -2.38. The number of benzene rings is 1. The zero-order valence-corrected chi connectivity index (χ0v) is 22.5. The van der Waals surface area contributed by atoms with Gasteiger partial charge in [-0.15, -0.1) is 0 Å². The van der Waals surface area contributed by atoms with E-state index >= 15 is 0 Å². The van der Waals surface area contributed by atoms with E-state index in [4.69, 9.17) is 9.47 Å². The van der Waals surface area contributed by atoms with Crippen molar-refractivity contribution in [3.8, 4) is 0 Å². The number of fused-ring (bicyclic) bond motifs is 1. The maximum Gasteiger partial charge on any atom is 0.246 e. The fourth-order valence-electron chi connectivity index (χ4n) is 6.79. The summed E-state index contributed by atoms with van der Waals surface area (Å²) < 4.78 is 11.7. The summed E-state index contributed by atoms with van der Waals surface area (Å²) >= 11 is 0. The summed E-state index contributed by atoms with van der Waals surface area (Å²) in [6.45, 7) is 8.98. The number of methoxy groups -OCH3 is 1. The Kier molecular flexibility index (Phi) is 6.92. The Labute approximate surface area is 219 Å². The molecule has 1 saturated carbocycles. The van der Waals surface area contributed by atoms with Crippen LogP contribution in [0.15, 0.2) is 30.4 Å². The highest BCUT2D eigenvalue weighted by Gasteiger charge is 2.72. The second-order valence-corrected chi connectivity index (χ2v) is 11.4. The lowest BCUT2D eigenvalue weighted by atomic mass is 9.73. The van der Waals surface area contributed by atoms with Crippen LogP contribution < -0.4 is 10.6 Å². The molecule has 1 aliphatic carbocycles. The molecule has 3 fully saturated rings. The summed E-state index contributed by atoms with van der Waals surface area (Å²) in [6, 6.07) is 4.97. The summed E-state index contributed by atoms with van der Waals surface area (Å²) in [5.41, 5.74) is 1.74. The maximum absolute atomic E-state index is 13.9. The largest absolute Gasteiger partial charge is 0.383 e. The number of aryl methyl sites for hydroxylation is 2.